The number of hydrogen-bond donors (Lipinski definition) is 0. The van der Waals surface area contributed by atoms with Crippen LogP contribution in [0.2, 0.25) is 0 Å². The molecule has 2 aliphatic rings. The molecule has 1 atom stereocenters. The van der Waals surface area contributed by atoms with Gasteiger partial charge in [0.1, 0.15) is 12.4 Å². The van der Waals surface area contributed by atoms with Gasteiger partial charge < -0.3 is 4.74 Å². The third kappa shape index (κ3) is 4.35. The molecule has 4 nitrogen and oxygen atoms in total. The summed E-state index contributed by atoms with van der Waals surface area (Å²) in [5, 5.41) is 4.49. The van der Waals surface area contributed by atoms with Crippen molar-refractivity contribution in [1.82, 2.24) is 4.57 Å². The zero-order chi connectivity index (χ0) is 28.0. The third-order valence-electron chi connectivity index (χ3n) is 8.12. The summed E-state index contributed by atoms with van der Waals surface area (Å²) in [6.07, 6.45) is 3.83. The fraction of sp³-hybridized carbons (Fsp3) is 0.111. The average Bonchev–Trinajstić information content (AvgIpc) is 3.67. The van der Waals surface area contributed by atoms with Crippen LogP contribution in [0.5, 0.6) is 5.75 Å². The van der Waals surface area contributed by atoms with E-state index in [1.54, 1.807) is 11.3 Å². The van der Waals surface area contributed by atoms with Crippen molar-refractivity contribution in [2.75, 3.05) is 0 Å². The Morgan fingerprint density at radius 1 is 0.905 bits per heavy atom. The molecular formula is C36H26N2O2S2. The van der Waals surface area contributed by atoms with Crippen LogP contribution in [-0.4, -0.2) is 4.57 Å². The van der Waals surface area contributed by atoms with Crippen LogP contribution in [0.25, 0.3) is 22.5 Å². The summed E-state index contributed by atoms with van der Waals surface area (Å²) < 4.78 is 8.82. The number of nitrogens with zero attached hydrogens (tertiary/aromatic N) is 2. The van der Waals surface area contributed by atoms with E-state index in [2.05, 4.69) is 84.2 Å². The molecule has 1 aliphatic carbocycles. The largest absolute Gasteiger partial charge is 0.489 e. The summed E-state index contributed by atoms with van der Waals surface area (Å²) in [5.74, 6) is 0.771. The Labute approximate surface area is 250 Å². The van der Waals surface area contributed by atoms with Gasteiger partial charge in [-0.3, -0.25) is 9.36 Å². The second-order valence-corrected chi connectivity index (χ2v) is 12.6. The quantitative estimate of drug-likeness (QED) is 0.217. The van der Waals surface area contributed by atoms with Gasteiger partial charge in [-0.2, -0.15) is 0 Å². The highest BCUT2D eigenvalue weighted by atomic mass is 32.1. The molecule has 6 heteroatoms. The molecule has 0 fully saturated rings. The Kier molecular flexibility index (Phi) is 6.24. The molecule has 1 aliphatic heterocycles. The highest BCUT2D eigenvalue weighted by molar-refractivity contribution is 7.10. The molecular weight excluding hydrogens is 557 g/mol. The molecule has 0 amide bonds. The Bertz CT molecular complexity index is 2180. The summed E-state index contributed by atoms with van der Waals surface area (Å²) in [6, 6.07) is 35.2. The Balaban J connectivity index is 1.18. The molecule has 0 saturated carbocycles. The minimum Gasteiger partial charge on any atom is -0.489 e. The van der Waals surface area contributed by atoms with Gasteiger partial charge in [-0.25, -0.2) is 4.99 Å². The number of thiazole rings is 1. The minimum absolute atomic E-state index is 0.00429. The molecule has 2 aromatic heterocycles. The molecule has 4 aromatic carbocycles. The molecule has 204 valence electrons. The second-order valence-electron chi connectivity index (χ2n) is 10.6. The number of ether oxygens (including phenoxy) is 1. The van der Waals surface area contributed by atoms with E-state index in [0.717, 1.165) is 40.2 Å². The first-order valence-electron chi connectivity index (χ1n) is 14.1. The highest BCUT2D eigenvalue weighted by Gasteiger charge is 2.33. The molecule has 0 radical (unpaired) electrons. The lowest BCUT2D eigenvalue weighted by Crippen LogP contribution is -2.38. The first-order chi connectivity index (χ1) is 20.7. The lowest BCUT2D eigenvalue weighted by molar-refractivity contribution is 0.307. The van der Waals surface area contributed by atoms with Crippen LogP contribution < -0.4 is 19.6 Å². The number of thiophene rings is 1. The number of allylic oxidation sites excluding steroid dienone is 1. The zero-order valence-electron chi connectivity index (χ0n) is 22.7. The van der Waals surface area contributed by atoms with Crippen LogP contribution in [0.15, 0.2) is 124 Å². The van der Waals surface area contributed by atoms with Gasteiger partial charge >= 0.3 is 0 Å². The van der Waals surface area contributed by atoms with Crippen molar-refractivity contribution in [1.29, 1.82) is 0 Å². The fourth-order valence-electron chi connectivity index (χ4n) is 6.14. The maximum atomic E-state index is 14.0. The van der Waals surface area contributed by atoms with E-state index in [1.807, 2.05) is 34.9 Å². The van der Waals surface area contributed by atoms with Crippen LogP contribution in [0.3, 0.4) is 0 Å². The first kappa shape index (κ1) is 25.2. The number of rotatable bonds is 5. The van der Waals surface area contributed by atoms with E-state index in [9.17, 15) is 4.79 Å². The fourth-order valence-corrected chi connectivity index (χ4v) is 7.99. The van der Waals surface area contributed by atoms with E-state index >= 15 is 0 Å². The zero-order valence-corrected chi connectivity index (χ0v) is 24.3. The van der Waals surface area contributed by atoms with Crippen molar-refractivity contribution in [3.63, 3.8) is 0 Å². The topological polar surface area (TPSA) is 43.6 Å². The lowest BCUT2D eigenvalue weighted by Gasteiger charge is -2.30. The van der Waals surface area contributed by atoms with Crippen molar-refractivity contribution in [2.45, 2.75) is 25.5 Å². The number of aromatic nitrogens is 1. The van der Waals surface area contributed by atoms with Crippen LogP contribution in [-0.2, 0) is 13.0 Å². The predicted octanol–water partition coefficient (Wildman–Crippen LogP) is 7.11. The average molecular weight is 583 g/mol. The van der Waals surface area contributed by atoms with Gasteiger partial charge in [0, 0.05) is 10.4 Å². The highest BCUT2D eigenvalue weighted by Crippen LogP contribution is 2.42. The number of benzene rings is 4. The third-order valence-corrected chi connectivity index (χ3v) is 10.0. The summed E-state index contributed by atoms with van der Waals surface area (Å²) >= 11 is 3.16. The number of hydrogen-bond acceptors (Lipinski definition) is 5. The van der Waals surface area contributed by atoms with Gasteiger partial charge in [0.2, 0.25) is 0 Å². The molecule has 8 rings (SSSR count). The summed E-state index contributed by atoms with van der Waals surface area (Å²) in [7, 11) is 0. The molecule has 0 bridgehead atoms. The van der Waals surface area contributed by atoms with Crippen LogP contribution in [0, 0.1) is 0 Å². The van der Waals surface area contributed by atoms with E-state index in [0.29, 0.717) is 11.1 Å². The first-order valence-corrected chi connectivity index (χ1v) is 15.8. The molecule has 0 N–H and O–H groups in total. The van der Waals surface area contributed by atoms with Crippen molar-refractivity contribution in [2.24, 2.45) is 4.99 Å². The molecule has 0 spiro atoms. The summed E-state index contributed by atoms with van der Waals surface area (Å²) in [5.41, 5.74) is 6.86. The standard InChI is InChI=1S/C36H26N2O2S2/c39-35-32(21-23-8-5-13-27(20-23)40-22-26-12-6-11-24-9-1-3-14-28(24)26)42-36-37-33-29-15-4-2-10-25(29)17-18-30(33)34(38(35)36)31-16-7-19-41-31/h1-16,19-21,34H,17-18,22H2/b32-21-. The van der Waals surface area contributed by atoms with Crippen LogP contribution in [0.1, 0.15) is 39.6 Å². The molecule has 0 saturated heterocycles. The van der Waals surface area contributed by atoms with Gasteiger partial charge in [-0.05, 0) is 75.5 Å². The Hall–Kier alpha value is -4.52. The maximum absolute atomic E-state index is 14.0. The van der Waals surface area contributed by atoms with Gasteiger partial charge in [-0.1, -0.05) is 96.3 Å². The molecule has 3 heterocycles. The SMILES string of the molecule is O=c1/c(=C/c2cccc(OCc3cccc4ccccc34)c2)sc2n1C(c1cccs1)C1=C(N=2)c2ccccc2CC1. The van der Waals surface area contributed by atoms with Crippen molar-refractivity contribution < 1.29 is 4.74 Å². The van der Waals surface area contributed by atoms with Crippen molar-refractivity contribution in [3.8, 4) is 5.75 Å². The predicted molar refractivity (Wildman–Crippen MR) is 172 cm³/mol. The maximum Gasteiger partial charge on any atom is 0.271 e. The normalized spacial score (nSPS) is 16.1. The minimum atomic E-state index is -0.123. The van der Waals surface area contributed by atoms with Gasteiger partial charge in [0.05, 0.1) is 16.3 Å². The van der Waals surface area contributed by atoms with E-state index in [-0.39, 0.29) is 11.6 Å². The van der Waals surface area contributed by atoms with Crippen LogP contribution in [0.4, 0.5) is 0 Å². The molecule has 42 heavy (non-hydrogen) atoms. The van der Waals surface area contributed by atoms with Gasteiger partial charge in [0.25, 0.3) is 5.56 Å². The monoisotopic (exact) mass is 582 g/mol. The Morgan fingerprint density at radius 2 is 1.76 bits per heavy atom. The number of fused-ring (bicyclic) bond motifs is 4. The second kappa shape index (κ2) is 10.4. The summed E-state index contributed by atoms with van der Waals surface area (Å²) in [4.78, 5) is 21.0. The summed E-state index contributed by atoms with van der Waals surface area (Å²) in [6.45, 7) is 0.473. The van der Waals surface area contributed by atoms with Gasteiger partial charge in [-0.15, -0.1) is 11.3 Å². The Morgan fingerprint density at radius 3 is 2.69 bits per heavy atom. The van der Waals surface area contributed by atoms with Gasteiger partial charge in [0.15, 0.2) is 4.80 Å². The number of aryl methyl sites for hydroxylation is 1. The van der Waals surface area contributed by atoms with E-state index < -0.39 is 0 Å². The lowest BCUT2D eigenvalue weighted by atomic mass is 9.85. The molecule has 1 unspecified atom stereocenters. The van der Waals surface area contributed by atoms with E-state index in [1.165, 1.54) is 43.7 Å². The molecule has 6 aromatic rings. The van der Waals surface area contributed by atoms with Crippen LogP contribution >= 0.6 is 22.7 Å². The van der Waals surface area contributed by atoms with Crippen molar-refractivity contribution in [3.05, 3.63) is 161 Å². The van der Waals surface area contributed by atoms with Crippen molar-refractivity contribution >= 4 is 45.2 Å². The smallest absolute Gasteiger partial charge is 0.271 e. The van der Waals surface area contributed by atoms with E-state index in [4.69, 9.17) is 9.73 Å².